The van der Waals surface area contributed by atoms with E-state index in [2.05, 4.69) is 21.3 Å². The minimum absolute atomic E-state index is 0.0598. The molecular weight excluding hydrogens is 1530 g/mol. The second-order valence-corrected chi connectivity index (χ2v) is 31.5. The van der Waals surface area contributed by atoms with Crippen LogP contribution in [0.5, 0.6) is 57.5 Å². The Balaban J connectivity index is 0.705. The molecule has 0 heterocycles. The van der Waals surface area contributed by atoms with E-state index >= 15 is 9.13 Å². The summed E-state index contributed by atoms with van der Waals surface area (Å²) in [7, 11) is -7.56. The third-order valence-electron chi connectivity index (χ3n) is 18.3. The summed E-state index contributed by atoms with van der Waals surface area (Å²) in [5.74, 6) is -7.66. The van der Waals surface area contributed by atoms with Gasteiger partial charge in [-0.15, -0.1) is 0 Å². The molecule has 0 aliphatic heterocycles. The predicted octanol–water partition coefficient (Wildman–Crippen LogP) is 17.7. The Labute approximate surface area is 667 Å². The Morgan fingerprint density at radius 3 is 0.735 bits per heavy atom. The van der Waals surface area contributed by atoms with E-state index in [9.17, 15) is 58.8 Å². The summed E-state index contributed by atoms with van der Waals surface area (Å²) in [6, 6.07) is 88.4. The number of rotatable bonds is 28. The maximum absolute atomic E-state index is 16.0. The summed E-state index contributed by atoms with van der Waals surface area (Å²) in [4.78, 5) is 105. The Morgan fingerprint density at radius 1 is 0.214 bits per heavy atom. The lowest BCUT2D eigenvalue weighted by molar-refractivity contribution is 0.0683. The zero-order valence-corrected chi connectivity index (χ0v) is 62.9. The fraction of sp³-hybridized carbons (Fsp3) is 0. The van der Waals surface area contributed by atoms with Crippen LogP contribution in [0.15, 0.2) is 340 Å². The van der Waals surface area contributed by atoms with Gasteiger partial charge in [0, 0.05) is 80.4 Å². The molecule has 0 atom stereocenters. The summed E-state index contributed by atoms with van der Waals surface area (Å²) in [6.45, 7) is 0. The van der Waals surface area contributed by atoms with E-state index in [-0.39, 0.29) is 124 Å². The number of hydrogen-bond acceptors (Lipinski definition) is 15. The molecule has 0 fully saturated rings. The average Bonchev–Trinajstić information content (AvgIpc) is 0.755. The summed E-state index contributed by atoms with van der Waals surface area (Å²) >= 11 is 0. The molecule has 0 spiro atoms. The van der Waals surface area contributed by atoms with E-state index in [0.717, 1.165) is 24.3 Å². The van der Waals surface area contributed by atoms with Gasteiger partial charge in [-0.3, -0.25) is 19.2 Å². The minimum Gasteiger partial charge on any atom is -0.478 e. The van der Waals surface area contributed by atoms with Crippen molar-refractivity contribution in [1.29, 1.82) is 0 Å². The number of amides is 4. The van der Waals surface area contributed by atoms with Crippen molar-refractivity contribution >= 4 is 116 Å². The zero-order valence-electron chi connectivity index (χ0n) is 61.1. The van der Waals surface area contributed by atoms with Crippen molar-refractivity contribution in [1.82, 2.24) is 0 Å². The van der Waals surface area contributed by atoms with Gasteiger partial charge < -0.3 is 74.5 Å². The first-order valence-electron chi connectivity index (χ1n) is 35.8. The molecule has 576 valence electrons. The van der Waals surface area contributed by atoms with Gasteiger partial charge in [0.15, 0.2) is 14.3 Å². The van der Waals surface area contributed by atoms with Gasteiger partial charge in [0.2, 0.25) is 0 Å². The van der Waals surface area contributed by atoms with Crippen molar-refractivity contribution in [2.45, 2.75) is 0 Å². The topological polar surface area (TPSA) is 346 Å². The molecule has 14 aromatic rings. The first-order valence-corrected chi connectivity index (χ1v) is 39.2. The standard InChI is InChI=1S/C92H64N4O19P2/c97-85(73-37-13-15-39-75(73)89(101)102)93-57-21-17-25-61(49-57)111-67-43-47-84(117(110,71-33-9-3-10-34-71)72-35-11-4-12-36-72)82(55-67)115-64-28-20-24-60(52-64)96-88(100)80-54-66(42-46-78(80)92(107)108)113-65-41-45-77(91(105)106)79(53-65)87(99)95-58-22-18-26-62(50-58)112-68-44-48-83(116(109,69-29-5-1-6-30-69)70-31-7-2-8-32-70)81(56-68)114-63-27-19-23-59(51-63)94-86(98)74-38-14-16-40-76(74)90(103)104/h1-56H,(H,93,97)(H,94,98)(H,95,99)(H,96,100)(H,101,102)(H,103,104)(H,105,106)(H,107,108). The van der Waals surface area contributed by atoms with Crippen molar-refractivity contribution in [2.24, 2.45) is 0 Å². The summed E-state index contributed by atoms with van der Waals surface area (Å²) < 4.78 is 64.2. The van der Waals surface area contributed by atoms with Crippen LogP contribution in [0.3, 0.4) is 0 Å². The lowest BCUT2D eigenvalue weighted by atomic mass is 10.1. The second-order valence-electron chi connectivity index (χ2n) is 26.0. The molecule has 25 heteroatoms. The van der Waals surface area contributed by atoms with Crippen LogP contribution in [-0.2, 0) is 9.13 Å². The van der Waals surface area contributed by atoms with Crippen LogP contribution in [-0.4, -0.2) is 67.9 Å². The molecule has 14 aromatic carbocycles. The number of aromatic carboxylic acids is 4. The number of ether oxygens (including phenoxy) is 5. The first kappa shape index (κ1) is 78.0. The predicted molar refractivity (Wildman–Crippen MR) is 443 cm³/mol. The molecule has 117 heavy (non-hydrogen) atoms. The molecule has 0 saturated carbocycles. The Hall–Kier alpha value is -15.7. The van der Waals surface area contributed by atoms with E-state index in [1.54, 1.807) is 218 Å². The molecule has 0 saturated heterocycles. The van der Waals surface area contributed by atoms with Crippen LogP contribution in [0.1, 0.15) is 82.9 Å². The third-order valence-corrected chi connectivity index (χ3v) is 24.5. The number of anilines is 4. The van der Waals surface area contributed by atoms with Crippen LogP contribution in [0.4, 0.5) is 22.7 Å². The van der Waals surface area contributed by atoms with Crippen LogP contribution in [0, 0.1) is 0 Å². The number of nitrogens with one attached hydrogen (secondary N) is 4. The molecule has 8 N–H and O–H groups in total. The molecule has 4 amide bonds. The van der Waals surface area contributed by atoms with Crippen LogP contribution in [0.25, 0.3) is 0 Å². The van der Waals surface area contributed by atoms with Crippen LogP contribution < -0.4 is 76.8 Å². The van der Waals surface area contributed by atoms with Gasteiger partial charge in [-0.2, -0.15) is 0 Å². The number of carboxylic acids is 4. The summed E-state index contributed by atoms with van der Waals surface area (Å²) in [6.07, 6.45) is 0. The molecular formula is C92H64N4O19P2. The molecule has 0 aliphatic carbocycles. The number of hydrogen-bond donors (Lipinski definition) is 8. The van der Waals surface area contributed by atoms with Crippen LogP contribution >= 0.6 is 14.3 Å². The van der Waals surface area contributed by atoms with Crippen molar-refractivity contribution < 1.29 is 91.6 Å². The maximum atomic E-state index is 16.0. The van der Waals surface area contributed by atoms with Gasteiger partial charge in [-0.25, -0.2) is 19.2 Å². The molecule has 0 aliphatic rings. The number of carbonyl (C=O) groups is 8. The fourth-order valence-corrected chi connectivity index (χ4v) is 18.4. The van der Waals surface area contributed by atoms with Crippen molar-refractivity contribution in [3.63, 3.8) is 0 Å². The van der Waals surface area contributed by atoms with Gasteiger partial charge in [-0.1, -0.05) is 170 Å². The molecule has 0 bridgehead atoms. The van der Waals surface area contributed by atoms with Gasteiger partial charge >= 0.3 is 23.9 Å². The Kier molecular flexibility index (Phi) is 23.0. The molecule has 0 aromatic heterocycles. The normalized spacial score (nSPS) is 11.0. The molecule has 0 unspecified atom stereocenters. The molecule has 23 nitrogen and oxygen atoms in total. The largest absolute Gasteiger partial charge is 0.478 e. The lowest BCUT2D eigenvalue weighted by Crippen LogP contribution is -2.26. The summed E-state index contributed by atoms with van der Waals surface area (Å²) in [5.41, 5.74) is -1.36. The SMILES string of the molecule is O=C(O)c1ccccc1C(=O)Nc1cccc(Oc2ccc(P(=O)(c3ccccc3)c3ccccc3)c(Oc3cccc(NC(=O)c4cc(Oc5ccc(C(=O)O)c(C(=O)Nc6cccc(Oc7ccc(P(=O)(c8ccccc8)c8ccccc8)c(Oc8cccc(NC(=O)c9ccccc9C(=O)O)c8)c7)c6)c5)ccc4C(=O)O)c3)c2)c1. The van der Waals surface area contributed by atoms with Crippen molar-refractivity contribution in [2.75, 3.05) is 21.3 Å². The van der Waals surface area contributed by atoms with Gasteiger partial charge in [-0.05, 0) is 133 Å². The minimum atomic E-state index is -3.80. The maximum Gasteiger partial charge on any atom is 0.336 e. The van der Waals surface area contributed by atoms with Crippen molar-refractivity contribution in [3.05, 3.63) is 384 Å². The lowest BCUT2D eigenvalue weighted by Gasteiger charge is -2.23. The van der Waals surface area contributed by atoms with Crippen LogP contribution in [0.2, 0.25) is 0 Å². The molecule has 14 rings (SSSR count). The Bertz CT molecular complexity index is 6240. The summed E-state index contributed by atoms with van der Waals surface area (Å²) in [5, 5.41) is 53.7. The van der Waals surface area contributed by atoms with Gasteiger partial charge in [0.1, 0.15) is 57.5 Å². The molecule has 0 radical (unpaired) electrons. The number of carboxylic acid groups (broad SMARTS) is 4. The number of benzene rings is 14. The highest BCUT2D eigenvalue weighted by Gasteiger charge is 2.36. The van der Waals surface area contributed by atoms with E-state index < -0.39 is 72.9 Å². The highest BCUT2D eigenvalue weighted by atomic mass is 31.2. The smallest absolute Gasteiger partial charge is 0.336 e. The monoisotopic (exact) mass is 1590 g/mol. The van der Waals surface area contributed by atoms with E-state index in [4.69, 9.17) is 23.7 Å². The highest BCUT2D eigenvalue weighted by Crippen LogP contribution is 2.49. The van der Waals surface area contributed by atoms with E-state index in [0.29, 0.717) is 21.2 Å². The highest BCUT2D eigenvalue weighted by molar-refractivity contribution is 7.86. The zero-order chi connectivity index (χ0) is 81.7. The second kappa shape index (κ2) is 34.5. The van der Waals surface area contributed by atoms with Crippen molar-refractivity contribution in [3.8, 4) is 57.5 Å². The quantitative estimate of drug-likeness (QED) is 0.0211. The average molecular weight is 1590 g/mol. The third kappa shape index (κ3) is 17.7. The number of carbonyl (C=O) groups excluding carboxylic acids is 4. The fourth-order valence-electron chi connectivity index (χ4n) is 12.9. The van der Waals surface area contributed by atoms with Gasteiger partial charge in [0.05, 0.1) is 55.1 Å². The van der Waals surface area contributed by atoms with E-state index in [1.165, 1.54) is 97.1 Å². The Morgan fingerprint density at radius 2 is 0.444 bits per heavy atom. The van der Waals surface area contributed by atoms with Gasteiger partial charge in [0.25, 0.3) is 23.6 Å². The van der Waals surface area contributed by atoms with E-state index in [1.807, 2.05) is 0 Å². The first-order chi connectivity index (χ1) is 56.6.